The van der Waals surface area contributed by atoms with E-state index >= 15 is 0 Å². The molecule has 1 fully saturated rings. The molecule has 2 aliphatic carbocycles. The normalized spacial score (nSPS) is 23.0. The highest BCUT2D eigenvalue weighted by Gasteiger charge is 2.60. The van der Waals surface area contributed by atoms with Gasteiger partial charge in [-0.2, -0.15) is 0 Å². The van der Waals surface area contributed by atoms with Crippen LogP contribution < -0.4 is 9.47 Å². The first-order valence-corrected chi connectivity index (χ1v) is 13.7. The molecular weight excluding hydrogens is 516 g/mol. The van der Waals surface area contributed by atoms with Gasteiger partial charge in [-0.15, -0.1) is 0 Å². The number of fused-ring (bicyclic) bond motifs is 1. The predicted octanol–water partition coefficient (Wildman–Crippen LogP) is 6.76. The van der Waals surface area contributed by atoms with Gasteiger partial charge in [-0.1, -0.05) is 85.5 Å². The van der Waals surface area contributed by atoms with Gasteiger partial charge in [0.05, 0.1) is 26.1 Å². The van der Waals surface area contributed by atoms with Gasteiger partial charge in [0.1, 0.15) is 18.1 Å². The molecule has 6 heteroatoms. The zero-order valence-electron chi connectivity index (χ0n) is 23.4. The molecule has 0 aliphatic heterocycles. The van der Waals surface area contributed by atoms with Crippen molar-refractivity contribution in [3.63, 3.8) is 0 Å². The molecule has 0 amide bonds. The van der Waals surface area contributed by atoms with Gasteiger partial charge in [0.15, 0.2) is 0 Å². The maximum Gasteiger partial charge on any atom is 0.310 e. The second-order valence-corrected chi connectivity index (χ2v) is 10.3. The number of rotatable bonds is 10. The second kappa shape index (κ2) is 11.9. The number of esters is 1. The number of methoxy groups -OCH3 is 2. The smallest absolute Gasteiger partial charge is 0.310 e. The van der Waals surface area contributed by atoms with E-state index in [1.807, 2.05) is 79.7 Å². The van der Waals surface area contributed by atoms with E-state index in [0.717, 1.165) is 22.3 Å². The van der Waals surface area contributed by atoms with Crippen molar-refractivity contribution in [1.29, 1.82) is 0 Å². The van der Waals surface area contributed by atoms with Crippen LogP contribution in [0.15, 0.2) is 103 Å². The Morgan fingerprint density at radius 2 is 1.37 bits per heavy atom. The molecule has 0 spiro atoms. The van der Waals surface area contributed by atoms with Gasteiger partial charge in [-0.25, -0.2) is 0 Å². The lowest BCUT2D eigenvalue weighted by atomic mass is 9.52. The van der Waals surface area contributed by atoms with Crippen LogP contribution in [0.3, 0.4) is 0 Å². The van der Waals surface area contributed by atoms with Crippen molar-refractivity contribution in [2.24, 2.45) is 11.8 Å². The van der Waals surface area contributed by atoms with Crippen molar-refractivity contribution in [3.8, 4) is 11.5 Å². The minimum absolute atomic E-state index is 0.123. The van der Waals surface area contributed by atoms with E-state index in [2.05, 4.69) is 12.6 Å². The molecule has 0 heterocycles. The molecular formula is C35H34O6. The number of carbonyl (C=O) groups is 2. The van der Waals surface area contributed by atoms with Crippen molar-refractivity contribution < 1.29 is 28.9 Å². The largest absolute Gasteiger partial charge is 0.496 e. The summed E-state index contributed by atoms with van der Waals surface area (Å²) in [5, 5.41) is 10.4. The summed E-state index contributed by atoms with van der Waals surface area (Å²) >= 11 is 0. The third-order valence-electron chi connectivity index (χ3n) is 8.36. The van der Waals surface area contributed by atoms with Crippen LogP contribution in [0.2, 0.25) is 0 Å². The molecule has 0 radical (unpaired) electrons. The van der Waals surface area contributed by atoms with Crippen molar-refractivity contribution in [2.75, 3.05) is 20.8 Å². The molecule has 3 aromatic carbocycles. The highest BCUT2D eigenvalue weighted by Crippen LogP contribution is 2.60. The number of allylic oxidation sites excluding steroid dienone is 4. The first-order valence-electron chi connectivity index (χ1n) is 13.7. The Hall–Kier alpha value is -4.58. The molecule has 1 saturated carbocycles. The molecule has 3 aromatic rings. The van der Waals surface area contributed by atoms with Gasteiger partial charge in [-0.05, 0) is 52.5 Å². The Bertz CT molecular complexity index is 1480. The quantitative estimate of drug-likeness (QED) is 0.281. The minimum Gasteiger partial charge on any atom is -0.496 e. The van der Waals surface area contributed by atoms with Gasteiger partial charge >= 0.3 is 11.9 Å². The van der Waals surface area contributed by atoms with Crippen molar-refractivity contribution in [1.82, 2.24) is 0 Å². The lowest BCUT2D eigenvalue weighted by molar-refractivity contribution is -0.164. The number of hydrogen-bond donors (Lipinski definition) is 1. The van der Waals surface area contributed by atoms with Gasteiger partial charge in [0.25, 0.3) is 0 Å². The fourth-order valence-electron chi connectivity index (χ4n) is 6.62. The lowest BCUT2D eigenvalue weighted by Gasteiger charge is -2.49. The van der Waals surface area contributed by atoms with Gasteiger partial charge in [0, 0.05) is 17.8 Å². The van der Waals surface area contributed by atoms with Gasteiger partial charge in [-0.3, -0.25) is 9.59 Å². The van der Waals surface area contributed by atoms with E-state index in [-0.39, 0.29) is 12.5 Å². The van der Waals surface area contributed by atoms with Crippen LogP contribution in [0.4, 0.5) is 0 Å². The predicted molar refractivity (Wildman–Crippen MR) is 158 cm³/mol. The Kier molecular flexibility index (Phi) is 8.11. The van der Waals surface area contributed by atoms with Gasteiger partial charge in [0.2, 0.25) is 0 Å². The fourth-order valence-corrected chi connectivity index (χ4v) is 6.62. The third-order valence-corrected chi connectivity index (χ3v) is 8.36. The highest BCUT2D eigenvalue weighted by molar-refractivity contribution is 5.87. The molecule has 41 heavy (non-hydrogen) atoms. The van der Waals surface area contributed by atoms with E-state index in [1.165, 1.54) is 0 Å². The molecule has 0 saturated heterocycles. The maximum absolute atomic E-state index is 14.1. The van der Waals surface area contributed by atoms with E-state index in [4.69, 9.17) is 14.2 Å². The number of aliphatic carboxylic acids is 1. The molecule has 5 rings (SSSR count). The van der Waals surface area contributed by atoms with Crippen molar-refractivity contribution in [2.45, 2.75) is 24.7 Å². The molecule has 3 atom stereocenters. The number of para-hydroxylation sites is 2. The summed E-state index contributed by atoms with van der Waals surface area (Å²) in [6, 6.07) is 22.6. The molecule has 0 aromatic heterocycles. The van der Waals surface area contributed by atoms with Crippen molar-refractivity contribution >= 4 is 17.5 Å². The second-order valence-electron chi connectivity index (χ2n) is 10.3. The van der Waals surface area contributed by atoms with Crippen LogP contribution in [0, 0.1) is 11.8 Å². The summed E-state index contributed by atoms with van der Waals surface area (Å²) in [5.74, 6) is -3.43. The summed E-state index contributed by atoms with van der Waals surface area (Å²) in [4.78, 5) is 26.8. The first-order chi connectivity index (χ1) is 20.0. The number of benzene rings is 3. The Labute approximate surface area is 240 Å². The summed E-state index contributed by atoms with van der Waals surface area (Å²) in [7, 11) is 3.09. The molecule has 210 valence electrons. The maximum atomic E-state index is 14.1. The summed E-state index contributed by atoms with van der Waals surface area (Å²) < 4.78 is 17.3. The monoisotopic (exact) mass is 550 g/mol. The summed E-state index contributed by atoms with van der Waals surface area (Å²) in [6.07, 6.45) is 5.85. The van der Waals surface area contributed by atoms with Crippen LogP contribution in [0.1, 0.15) is 46.9 Å². The number of carboxylic acids is 1. The number of carboxylic acid groups (broad SMARTS) is 1. The molecule has 1 N–H and O–H groups in total. The topological polar surface area (TPSA) is 82.1 Å². The van der Waals surface area contributed by atoms with E-state index < -0.39 is 35.6 Å². The van der Waals surface area contributed by atoms with E-state index in [0.29, 0.717) is 22.6 Å². The van der Waals surface area contributed by atoms with Crippen LogP contribution in [-0.2, 0) is 14.3 Å². The Balaban J connectivity index is 1.54. The van der Waals surface area contributed by atoms with Crippen LogP contribution in [-0.4, -0.2) is 37.9 Å². The van der Waals surface area contributed by atoms with Crippen LogP contribution >= 0.6 is 0 Å². The molecule has 6 nitrogen and oxygen atoms in total. The minimum atomic E-state index is -0.987. The summed E-state index contributed by atoms with van der Waals surface area (Å²) in [5.41, 5.74) is 5.55. The Morgan fingerprint density at radius 1 is 0.829 bits per heavy atom. The third kappa shape index (κ3) is 4.84. The number of hydrogen-bond acceptors (Lipinski definition) is 5. The van der Waals surface area contributed by atoms with Crippen LogP contribution in [0.5, 0.6) is 11.5 Å². The van der Waals surface area contributed by atoms with Crippen molar-refractivity contribution in [3.05, 3.63) is 125 Å². The fraction of sp³-hybridized carbons (Fsp3) is 0.257. The highest BCUT2D eigenvalue weighted by atomic mass is 16.5. The molecule has 2 aliphatic rings. The SMILES string of the molecule is C=CC1=C(/C=C\C)C(COC(=O)C2[C@@H](c3ccccc3OC)C(C(=O)O)[C@@H]2c2ccccc2OC)c2ccccc21. The average molecular weight is 551 g/mol. The standard InChI is InChI=1S/C35H34O6/c1-5-13-22-21(6-2)23-14-7-8-15-24(23)27(22)20-41-35(38)33-30(25-16-9-11-18-28(25)39-3)32(34(36)37)31(33)26-17-10-12-19-29(26)40-4/h5-19,27,30-33H,2,20H2,1,3-4H3,(H,36,37)/b13-5-/t27?,30-,31-,32?,33?/m0/s1. The zero-order valence-corrected chi connectivity index (χ0v) is 23.4. The van der Waals surface area contributed by atoms with Crippen LogP contribution in [0.25, 0.3) is 5.57 Å². The Morgan fingerprint density at radius 3 is 1.88 bits per heavy atom. The van der Waals surface area contributed by atoms with E-state index in [1.54, 1.807) is 26.4 Å². The summed E-state index contributed by atoms with van der Waals surface area (Å²) in [6.45, 7) is 6.10. The molecule has 1 unspecified atom stereocenters. The first kappa shape index (κ1) is 28.0. The lowest BCUT2D eigenvalue weighted by Crippen LogP contribution is -2.51. The zero-order chi connectivity index (χ0) is 29.1. The molecule has 0 bridgehead atoms. The average Bonchev–Trinajstić information content (AvgIpc) is 3.28. The van der Waals surface area contributed by atoms with E-state index in [9.17, 15) is 14.7 Å². The van der Waals surface area contributed by atoms with Gasteiger partial charge < -0.3 is 19.3 Å². The number of ether oxygens (including phenoxy) is 3. The number of carbonyl (C=O) groups excluding carboxylic acids is 1.